The molecule has 0 unspecified atom stereocenters. The van der Waals surface area contributed by atoms with Gasteiger partial charge in [0.2, 0.25) is 5.91 Å². The minimum Gasteiger partial charge on any atom is -0.493 e. The first-order valence-corrected chi connectivity index (χ1v) is 8.85. The third-order valence-corrected chi connectivity index (χ3v) is 3.83. The van der Waals surface area contributed by atoms with Crippen LogP contribution in [0.2, 0.25) is 0 Å². The van der Waals surface area contributed by atoms with E-state index in [0.717, 1.165) is 5.56 Å². The van der Waals surface area contributed by atoms with Crippen LogP contribution in [0.5, 0.6) is 23.0 Å². The van der Waals surface area contributed by atoms with E-state index in [1.165, 1.54) is 25.3 Å². The first kappa shape index (κ1) is 22.0. The van der Waals surface area contributed by atoms with Crippen LogP contribution in [0.1, 0.15) is 18.1 Å². The molecule has 0 aromatic heterocycles. The number of hydrogen-bond donors (Lipinski definition) is 1. The van der Waals surface area contributed by atoms with Crippen LogP contribution in [0, 0.1) is 0 Å². The Morgan fingerprint density at radius 1 is 1.03 bits per heavy atom. The Morgan fingerprint density at radius 2 is 1.76 bits per heavy atom. The molecule has 0 bridgehead atoms. The van der Waals surface area contributed by atoms with Gasteiger partial charge in [0, 0.05) is 12.6 Å². The van der Waals surface area contributed by atoms with Gasteiger partial charge < -0.3 is 24.3 Å². The number of methoxy groups -OCH3 is 2. The molecule has 156 valence electrons. The average molecular weight is 407 g/mol. The molecule has 1 N–H and O–H groups in total. The van der Waals surface area contributed by atoms with E-state index in [2.05, 4.69) is 10.1 Å². The molecule has 0 aliphatic rings. The van der Waals surface area contributed by atoms with Gasteiger partial charge in [-0.05, 0) is 48.4 Å². The molecule has 2 rings (SSSR count). The lowest BCUT2D eigenvalue weighted by molar-refractivity contribution is -0.116. The fraction of sp³-hybridized carbons (Fsp3) is 0.286. The smallest absolute Gasteiger partial charge is 0.387 e. The van der Waals surface area contributed by atoms with E-state index in [1.54, 1.807) is 37.5 Å². The van der Waals surface area contributed by atoms with Crippen molar-refractivity contribution < 1.29 is 32.5 Å². The molecule has 8 heteroatoms. The summed E-state index contributed by atoms with van der Waals surface area (Å²) >= 11 is 0. The van der Waals surface area contributed by atoms with Crippen molar-refractivity contribution in [3.8, 4) is 23.0 Å². The summed E-state index contributed by atoms with van der Waals surface area (Å²) in [6, 6.07) is 9.81. The molecular formula is C21H23F2NO5. The lowest BCUT2D eigenvalue weighted by Crippen LogP contribution is -2.20. The second kappa shape index (κ2) is 10.9. The zero-order valence-electron chi connectivity index (χ0n) is 16.4. The molecule has 0 aliphatic heterocycles. The lowest BCUT2D eigenvalue weighted by Gasteiger charge is -2.11. The second-order valence-corrected chi connectivity index (χ2v) is 5.76. The molecular weight excluding hydrogens is 384 g/mol. The minimum absolute atomic E-state index is 0.0675. The highest BCUT2D eigenvalue weighted by Gasteiger charge is 2.11. The third-order valence-electron chi connectivity index (χ3n) is 3.83. The minimum atomic E-state index is -2.94. The van der Waals surface area contributed by atoms with Crippen LogP contribution < -0.4 is 24.3 Å². The van der Waals surface area contributed by atoms with E-state index >= 15 is 0 Å². The van der Waals surface area contributed by atoms with Gasteiger partial charge in [-0.3, -0.25) is 4.79 Å². The first-order valence-electron chi connectivity index (χ1n) is 8.85. The SMILES string of the molecule is CCOc1cc(/C=C/C(=O)NCc2ccc(OC(F)F)c(OC)c2)ccc1OC. The molecule has 0 fully saturated rings. The molecule has 29 heavy (non-hydrogen) atoms. The summed E-state index contributed by atoms with van der Waals surface area (Å²) < 4.78 is 44.9. The van der Waals surface area contributed by atoms with Gasteiger partial charge in [-0.2, -0.15) is 8.78 Å². The van der Waals surface area contributed by atoms with Crippen LogP contribution in [0.3, 0.4) is 0 Å². The average Bonchev–Trinajstić information content (AvgIpc) is 2.71. The molecule has 0 spiro atoms. The van der Waals surface area contributed by atoms with E-state index in [4.69, 9.17) is 14.2 Å². The van der Waals surface area contributed by atoms with Crippen molar-refractivity contribution in [2.45, 2.75) is 20.1 Å². The van der Waals surface area contributed by atoms with E-state index in [0.29, 0.717) is 23.7 Å². The Morgan fingerprint density at radius 3 is 2.41 bits per heavy atom. The van der Waals surface area contributed by atoms with Gasteiger partial charge in [0.05, 0.1) is 20.8 Å². The van der Waals surface area contributed by atoms with Crippen LogP contribution in [-0.4, -0.2) is 33.3 Å². The van der Waals surface area contributed by atoms with E-state index in [1.807, 2.05) is 6.92 Å². The molecule has 0 saturated heterocycles. The van der Waals surface area contributed by atoms with Crippen LogP contribution in [0.25, 0.3) is 6.08 Å². The molecule has 1 amide bonds. The first-order chi connectivity index (χ1) is 14.0. The number of ether oxygens (including phenoxy) is 4. The number of hydrogen-bond acceptors (Lipinski definition) is 5. The number of carbonyl (C=O) groups excluding carboxylic acids is 1. The summed E-state index contributed by atoms with van der Waals surface area (Å²) in [7, 11) is 2.91. The van der Waals surface area contributed by atoms with Crippen molar-refractivity contribution in [3.63, 3.8) is 0 Å². The van der Waals surface area contributed by atoms with Gasteiger partial charge in [0.1, 0.15) is 0 Å². The van der Waals surface area contributed by atoms with Gasteiger partial charge in [0.15, 0.2) is 23.0 Å². The van der Waals surface area contributed by atoms with Gasteiger partial charge >= 0.3 is 6.61 Å². The summed E-state index contributed by atoms with van der Waals surface area (Å²) in [5.41, 5.74) is 1.45. The summed E-state index contributed by atoms with van der Waals surface area (Å²) in [5, 5.41) is 2.72. The maximum absolute atomic E-state index is 12.4. The van der Waals surface area contributed by atoms with Crippen molar-refractivity contribution in [1.29, 1.82) is 0 Å². The Hall–Kier alpha value is -3.29. The zero-order valence-corrected chi connectivity index (χ0v) is 16.4. The second-order valence-electron chi connectivity index (χ2n) is 5.76. The molecule has 0 aliphatic carbocycles. The Labute approximate surface area is 168 Å². The number of nitrogens with one attached hydrogen (secondary N) is 1. The van der Waals surface area contributed by atoms with E-state index in [-0.39, 0.29) is 24.0 Å². The van der Waals surface area contributed by atoms with E-state index in [9.17, 15) is 13.6 Å². The Kier molecular flexibility index (Phi) is 8.27. The van der Waals surface area contributed by atoms with Crippen LogP contribution in [0.4, 0.5) is 8.78 Å². The predicted molar refractivity (Wildman–Crippen MR) is 105 cm³/mol. The zero-order chi connectivity index (χ0) is 21.2. The molecule has 6 nitrogen and oxygen atoms in total. The number of halogens is 2. The van der Waals surface area contributed by atoms with Gasteiger partial charge in [-0.1, -0.05) is 12.1 Å². The monoisotopic (exact) mass is 407 g/mol. The summed E-state index contributed by atoms with van der Waals surface area (Å²) in [4.78, 5) is 12.1. The highest BCUT2D eigenvalue weighted by molar-refractivity contribution is 5.91. The summed E-state index contributed by atoms with van der Waals surface area (Å²) in [5.74, 6) is 0.986. The Balaban J connectivity index is 1.98. The predicted octanol–water partition coefficient (Wildman–Crippen LogP) is 4.03. The third kappa shape index (κ3) is 6.67. The van der Waals surface area contributed by atoms with Crippen molar-refractivity contribution in [1.82, 2.24) is 5.32 Å². The van der Waals surface area contributed by atoms with Crippen molar-refractivity contribution in [2.75, 3.05) is 20.8 Å². The fourth-order valence-electron chi connectivity index (χ4n) is 2.50. The topological polar surface area (TPSA) is 66.0 Å². The molecule has 2 aromatic carbocycles. The fourth-order valence-corrected chi connectivity index (χ4v) is 2.50. The molecule has 2 aromatic rings. The van der Waals surface area contributed by atoms with Crippen LogP contribution in [-0.2, 0) is 11.3 Å². The molecule has 0 heterocycles. The largest absolute Gasteiger partial charge is 0.493 e. The van der Waals surface area contributed by atoms with Gasteiger partial charge in [0.25, 0.3) is 0 Å². The van der Waals surface area contributed by atoms with Crippen molar-refractivity contribution >= 4 is 12.0 Å². The maximum atomic E-state index is 12.4. The number of rotatable bonds is 10. The number of amides is 1. The van der Waals surface area contributed by atoms with Crippen molar-refractivity contribution in [3.05, 3.63) is 53.6 Å². The highest BCUT2D eigenvalue weighted by atomic mass is 19.3. The molecule has 0 saturated carbocycles. The molecule has 0 radical (unpaired) electrons. The van der Waals surface area contributed by atoms with Crippen LogP contribution in [0.15, 0.2) is 42.5 Å². The van der Waals surface area contributed by atoms with E-state index < -0.39 is 6.61 Å². The number of alkyl halides is 2. The van der Waals surface area contributed by atoms with Gasteiger partial charge in [-0.25, -0.2) is 0 Å². The van der Waals surface area contributed by atoms with Crippen LogP contribution >= 0.6 is 0 Å². The number of benzene rings is 2. The Bertz CT molecular complexity index is 855. The maximum Gasteiger partial charge on any atom is 0.387 e. The van der Waals surface area contributed by atoms with Gasteiger partial charge in [-0.15, -0.1) is 0 Å². The number of carbonyl (C=O) groups is 1. The summed E-state index contributed by atoms with van der Waals surface area (Å²) in [6.45, 7) is -0.382. The normalized spacial score (nSPS) is 10.8. The van der Waals surface area contributed by atoms with Crippen molar-refractivity contribution in [2.24, 2.45) is 0 Å². The highest BCUT2D eigenvalue weighted by Crippen LogP contribution is 2.30. The standard InChI is InChI=1S/C21H23F2NO5/c1-4-28-19-11-14(5-8-16(19)26-2)7-10-20(25)24-13-15-6-9-17(29-21(22)23)18(12-15)27-3/h5-12,21H,4,13H2,1-3H3,(H,24,25)/b10-7+. The summed E-state index contributed by atoms with van der Waals surface area (Å²) in [6.07, 6.45) is 3.04. The lowest BCUT2D eigenvalue weighted by atomic mass is 10.1. The molecule has 0 atom stereocenters. The quantitative estimate of drug-likeness (QED) is 0.603.